The Morgan fingerprint density at radius 2 is 1.77 bits per heavy atom. The normalized spacial score (nSPS) is 21.4. The molecule has 0 aromatic heterocycles. The summed E-state index contributed by atoms with van der Waals surface area (Å²) >= 11 is 0. The van der Waals surface area contributed by atoms with E-state index < -0.39 is 0 Å². The maximum atomic E-state index is 12.5. The Hall–Kier alpha value is -2.13. The first-order valence-corrected chi connectivity index (χ1v) is 7.95. The third-order valence-corrected chi connectivity index (χ3v) is 4.77. The summed E-state index contributed by atoms with van der Waals surface area (Å²) in [7, 11) is 0. The van der Waals surface area contributed by atoms with Gasteiger partial charge in [0.05, 0.1) is 12.6 Å². The van der Waals surface area contributed by atoms with Crippen LogP contribution >= 0.6 is 0 Å². The van der Waals surface area contributed by atoms with Crippen molar-refractivity contribution in [2.45, 2.75) is 19.0 Å². The van der Waals surface area contributed by atoms with E-state index in [1.165, 1.54) is 16.7 Å². The van der Waals surface area contributed by atoms with Crippen LogP contribution in [0.5, 0.6) is 0 Å². The lowest BCUT2D eigenvalue weighted by Crippen LogP contribution is -2.53. The van der Waals surface area contributed by atoms with E-state index in [4.69, 9.17) is 0 Å². The highest BCUT2D eigenvalue weighted by Gasteiger charge is 2.36. The highest BCUT2D eigenvalue weighted by atomic mass is 16.2. The molecular formula is C19H20N2O. The maximum Gasteiger partial charge on any atom is 0.237 e. The number of carbonyl (C=O) groups excluding carboxylic acids is 1. The molecule has 1 unspecified atom stereocenters. The van der Waals surface area contributed by atoms with Crippen LogP contribution in [0.4, 0.5) is 0 Å². The van der Waals surface area contributed by atoms with Crippen molar-refractivity contribution in [2.75, 3.05) is 19.6 Å². The Bertz CT molecular complexity index is 683. The molecule has 0 spiro atoms. The van der Waals surface area contributed by atoms with Crippen molar-refractivity contribution in [1.29, 1.82) is 0 Å². The maximum absolute atomic E-state index is 12.5. The van der Waals surface area contributed by atoms with Crippen molar-refractivity contribution in [2.24, 2.45) is 0 Å². The van der Waals surface area contributed by atoms with E-state index in [0.717, 1.165) is 26.1 Å². The van der Waals surface area contributed by atoms with Gasteiger partial charge >= 0.3 is 0 Å². The van der Waals surface area contributed by atoms with Gasteiger partial charge < -0.3 is 4.90 Å². The molecule has 0 saturated carbocycles. The summed E-state index contributed by atoms with van der Waals surface area (Å²) in [5, 5.41) is 0. The van der Waals surface area contributed by atoms with Crippen LogP contribution in [0.25, 0.3) is 0 Å². The zero-order valence-electron chi connectivity index (χ0n) is 12.6. The summed E-state index contributed by atoms with van der Waals surface area (Å²) in [5.74, 6) is 0.265. The van der Waals surface area contributed by atoms with Gasteiger partial charge in [0.25, 0.3) is 0 Å². The van der Waals surface area contributed by atoms with Gasteiger partial charge in [-0.3, -0.25) is 9.69 Å². The van der Waals surface area contributed by atoms with Gasteiger partial charge in [0.15, 0.2) is 0 Å². The number of amides is 1. The summed E-state index contributed by atoms with van der Waals surface area (Å²) < 4.78 is 0. The number of piperazine rings is 1. The molecule has 112 valence electrons. The number of benzene rings is 2. The molecule has 4 rings (SSSR count). The largest absolute Gasteiger partial charge is 0.333 e. The molecule has 3 heteroatoms. The average Bonchev–Trinajstić information content (AvgIpc) is 2.56. The Kier molecular flexibility index (Phi) is 3.43. The fourth-order valence-electron chi connectivity index (χ4n) is 3.70. The second-order valence-electron chi connectivity index (χ2n) is 6.21. The zero-order valence-corrected chi connectivity index (χ0v) is 12.6. The Morgan fingerprint density at radius 1 is 1.00 bits per heavy atom. The van der Waals surface area contributed by atoms with E-state index in [1.54, 1.807) is 0 Å². The molecule has 3 nitrogen and oxygen atoms in total. The lowest BCUT2D eigenvalue weighted by molar-refractivity contribution is -0.140. The SMILES string of the molecule is O=C1CN(Cc2ccccc2)CC2c3ccccc3CCN12. The second kappa shape index (κ2) is 5.58. The molecule has 2 aliphatic heterocycles. The highest BCUT2D eigenvalue weighted by molar-refractivity contribution is 5.80. The van der Waals surface area contributed by atoms with Crippen molar-refractivity contribution in [3.8, 4) is 0 Å². The van der Waals surface area contributed by atoms with E-state index in [0.29, 0.717) is 6.54 Å². The number of hydrogen-bond acceptors (Lipinski definition) is 2. The van der Waals surface area contributed by atoms with Crippen molar-refractivity contribution in [1.82, 2.24) is 9.80 Å². The fourth-order valence-corrected chi connectivity index (χ4v) is 3.70. The van der Waals surface area contributed by atoms with Crippen LogP contribution in [0.2, 0.25) is 0 Å². The summed E-state index contributed by atoms with van der Waals surface area (Å²) in [4.78, 5) is 16.9. The molecule has 0 aliphatic carbocycles. The van der Waals surface area contributed by atoms with Crippen LogP contribution in [0.1, 0.15) is 22.7 Å². The number of rotatable bonds is 2. The number of carbonyl (C=O) groups is 1. The molecule has 0 bridgehead atoms. The fraction of sp³-hybridized carbons (Fsp3) is 0.316. The summed E-state index contributed by atoms with van der Waals surface area (Å²) in [5.41, 5.74) is 4.01. The predicted octanol–water partition coefficient (Wildman–Crippen LogP) is 2.63. The van der Waals surface area contributed by atoms with Gasteiger partial charge in [-0.15, -0.1) is 0 Å². The average molecular weight is 292 g/mol. The molecule has 2 aromatic carbocycles. The van der Waals surface area contributed by atoms with Gasteiger partial charge in [0, 0.05) is 19.6 Å². The van der Waals surface area contributed by atoms with E-state index >= 15 is 0 Å². The van der Waals surface area contributed by atoms with Gasteiger partial charge in [-0.2, -0.15) is 0 Å². The van der Waals surface area contributed by atoms with E-state index in [2.05, 4.69) is 58.3 Å². The lowest BCUT2D eigenvalue weighted by atomic mass is 9.90. The lowest BCUT2D eigenvalue weighted by Gasteiger charge is -2.44. The third kappa shape index (κ3) is 2.42. The second-order valence-corrected chi connectivity index (χ2v) is 6.21. The smallest absolute Gasteiger partial charge is 0.237 e. The minimum absolute atomic E-state index is 0.218. The van der Waals surface area contributed by atoms with E-state index in [9.17, 15) is 4.79 Å². The topological polar surface area (TPSA) is 23.6 Å². The van der Waals surface area contributed by atoms with E-state index in [1.807, 2.05) is 6.07 Å². The molecule has 1 atom stereocenters. The van der Waals surface area contributed by atoms with Gasteiger partial charge in [0.2, 0.25) is 5.91 Å². The Morgan fingerprint density at radius 3 is 2.64 bits per heavy atom. The molecule has 1 amide bonds. The molecule has 1 saturated heterocycles. The van der Waals surface area contributed by atoms with Gasteiger partial charge in [-0.05, 0) is 23.1 Å². The molecule has 2 aliphatic rings. The van der Waals surface area contributed by atoms with Crippen molar-refractivity contribution >= 4 is 5.91 Å². The highest BCUT2D eigenvalue weighted by Crippen LogP contribution is 2.33. The first kappa shape index (κ1) is 13.5. The predicted molar refractivity (Wildman–Crippen MR) is 86.3 cm³/mol. The zero-order chi connectivity index (χ0) is 14.9. The number of hydrogen-bond donors (Lipinski definition) is 0. The molecule has 1 fully saturated rings. The minimum atomic E-state index is 0.218. The number of nitrogens with zero attached hydrogens (tertiary/aromatic N) is 2. The molecule has 2 aromatic rings. The molecule has 22 heavy (non-hydrogen) atoms. The van der Waals surface area contributed by atoms with Crippen LogP contribution < -0.4 is 0 Å². The number of fused-ring (bicyclic) bond motifs is 3. The van der Waals surface area contributed by atoms with Gasteiger partial charge in [-0.1, -0.05) is 54.6 Å². The van der Waals surface area contributed by atoms with Crippen molar-refractivity contribution in [3.63, 3.8) is 0 Å². The third-order valence-electron chi connectivity index (χ3n) is 4.77. The van der Waals surface area contributed by atoms with Crippen molar-refractivity contribution in [3.05, 3.63) is 71.3 Å². The molecule has 2 heterocycles. The first-order chi connectivity index (χ1) is 10.8. The molecule has 0 radical (unpaired) electrons. The molecule has 0 N–H and O–H groups in total. The van der Waals surface area contributed by atoms with Crippen LogP contribution in [0.15, 0.2) is 54.6 Å². The van der Waals surface area contributed by atoms with Crippen molar-refractivity contribution < 1.29 is 4.79 Å². The molecular weight excluding hydrogens is 272 g/mol. The first-order valence-electron chi connectivity index (χ1n) is 7.95. The van der Waals surface area contributed by atoms with Gasteiger partial charge in [0.1, 0.15) is 0 Å². The minimum Gasteiger partial charge on any atom is -0.333 e. The monoisotopic (exact) mass is 292 g/mol. The van der Waals surface area contributed by atoms with E-state index in [-0.39, 0.29) is 11.9 Å². The van der Waals surface area contributed by atoms with Crippen LogP contribution in [-0.2, 0) is 17.8 Å². The van der Waals surface area contributed by atoms with Crippen LogP contribution in [-0.4, -0.2) is 35.3 Å². The van der Waals surface area contributed by atoms with Crippen LogP contribution in [0.3, 0.4) is 0 Å². The van der Waals surface area contributed by atoms with Gasteiger partial charge in [-0.25, -0.2) is 0 Å². The summed E-state index contributed by atoms with van der Waals surface area (Å²) in [6.45, 7) is 3.17. The quantitative estimate of drug-likeness (QED) is 0.849. The Labute approximate surface area is 131 Å². The Balaban J connectivity index is 1.59. The standard InChI is InChI=1S/C19H20N2O/c22-19-14-20(12-15-6-2-1-3-7-15)13-18-17-9-5-4-8-16(17)10-11-21(18)19/h1-9,18H,10-14H2. The van der Waals surface area contributed by atoms with Crippen LogP contribution in [0, 0.1) is 0 Å². The summed E-state index contributed by atoms with van der Waals surface area (Å²) in [6, 6.07) is 19.2. The summed E-state index contributed by atoms with van der Waals surface area (Å²) in [6.07, 6.45) is 0.983.